The van der Waals surface area contributed by atoms with Gasteiger partial charge in [-0.25, -0.2) is 14.6 Å². The number of aryl methyl sites for hydroxylation is 1. The number of anilines is 1. The van der Waals surface area contributed by atoms with E-state index in [2.05, 4.69) is 42.4 Å². The lowest BCUT2D eigenvalue weighted by Crippen LogP contribution is -2.46. The molecule has 3 aromatic heterocycles. The molecule has 4 heterocycles. The van der Waals surface area contributed by atoms with E-state index in [-0.39, 0.29) is 11.7 Å². The summed E-state index contributed by atoms with van der Waals surface area (Å²) in [5.74, 6) is 1.47. The molecule has 0 saturated carbocycles. The molecule has 0 aliphatic carbocycles. The number of nitrogen functional groups attached to an aromatic ring is 1. The van der Waals surface area contributed by atoms with Gasteiger partial charge in [0.15, 0.2) is 17.3 Å². The average molecular weight is 492 g/mol. The van der Waals surface area contributed by atoms with E-state index in [0.29, 0.717) is 47.3 Å². The molecule has 1 amide bonds. The van der Waals surface area contributed by atoms with Crippen LogP contribution in [0.5, 0.6) is 11.6 Å². The molecular weight excluding hydrogens is 462 g/mol. The van der Waals surface area contributed by atoms with Crippen molar-refractivity contribution in [2.24, 2.45) is 0 Å². The van der Waals surface area contributed by atoms with Crippen molar-refractivity contribution in [3.63, 3.8) is 0 Å². The van der Waals surface area contributed by atoms with Crippen LogP contribution in [0, 0.1) is 0 Å². The third-order valence-electron chi connectivity index (χ3n) is 6.28. The first kappa shape index (κ1) is 23.7. The molecule has 0 unspecified atom stereocenters. The number of rotatable bonds is 8. The third kappa shape index (κ3) is 4.99. The molecule has 5 rings (SSSR count). The molecule has 188 valence electrons. The molecular formula is C24H29N9O3. The number of fused-ring (bicyclic) bond motifs is 1. The Bertz CT molecular complexity index is 1360. The van der Waals surface area contributed by atoms with Crippen LogP contribution in [-0.2, 0) is 6.54 Å². The molecule has 0 bridgehead atoms. The average Bonchev–Trinajstić information content (AvgIpc) is 3.47. The third-order valence-corrected chi connectivity index (χ3v) is 6.28. The number of benzene rings is 1. The van der Waals surface area contributed by atoms with Gasteiger partial charge < -0.3 is 25.3 Å². The van der Waals surface area contributed by atoms with Crippen LogP contribution >= 0.6 is 0 Å². The van der Waals surface area contributed by atoms with Crippen LogP contribution in [0.25, 0.3) is 22.6 Å². The molecule has 0 spiro atoms. The lowest BCUT2D eigenvalue weighted by Gasteiger charge is -2.32. The van der Waals surface area contributed by atoms with Gasteiger partial charge in [-0.05, 0) is 42.5 Å². The van der Waals surface area contributed by atoms with Crippen LogP contribution in [0.15, 0.2) is 41.2 Å². The van der Waals surface area contributed by atoms with Crippen molar-refractivity contribution in [1.82, 2.24) is 40.0 Å². The van der Waals surface area contributed by atoms with E-state index < -0.39 is 0 Å². The lowest BCUT2D eigenvalue weighted by molar-refractivity contribution is 0.0940. The number of likely N-dealkylation sites (N-methyl/N-ethyl adjacent to an activating group) is 1. The topological polar surface area (TPSA) is 140 Å². The molecule has 4 aromatic rings. The minimum absolute atomic E-state index is 0.134. The van der Waals surface area contributed by atoms with Crippen LogP contribution in [0.3, 0.4) is 0 Å². The summed E-state index contributed by atoms with van der Waals surface area (Å²) in [6.07, 6.45) is 1.62. The zero-order valence-electron chi connectivity index (χ0n) is 20.3. The summed E-state index contributed by atoms with van der Waals surface area (Å²) >= 11 is 0. The molecule has 3 N–H and O–H groups in total. The van der Waals surface area contributed by atoms with E-state index in [1.54, 1.807) is 36.5 Å². The first-order chi connectivity index (χ1) is 17.5. The van der Waals surface area contributed by atoms with Crippen molar-refractivity contribution in [2.75, 3.05) is 52.0 Å². The van der Waals surface area contributed by atoms with Crippen LogP contribution in [0.4, 0.5) is 5.82 Å². The molecule has 36 heavy (non-hydrogen) atoms. The zero-order valence-corrected chi connectivity index (χ0v) is 20.3. The van der Waals surface area contributed by atoms with Crippen molar-refractivity contribution in [1.29, 1.82) is 0 Å². The summed E-state index contributed by atoms with van der Waals surface area (Å²) < 4.78 is 12.7. The van der Waals surface area contributed by atoms with E-state index in [9.17, 15) is 4.79 Å². The van der Waals surface area contributed by atoms with Gasteiger partial charge in [0.25, 0.3) is 5.91 Å². The highest BCUT2D eigenvalue weighted by atomic mass is 16.6. The number of aromatic nitrogens is 5. The maximum atomic E-state index is 12.7. The Labute approximate surface area is 208 Å². The number of nitrogens with two attached hydrogens (primary N) is 1. The second-order valence-corrected chi connectivity index (χ2v) is 8.72. The Morgan fingerprint density at radius 1 is 1.19 bits per heavy atom. The van der Waals surface area contributed by atoms with Gasteiger partial charge in [0.1, 0.15) is 11.3 Å². The number of ether oxygens (including phenoxy) is 1. The Morgan fingerprint density at radius 3 is 2.78 bits per heavy atom. The van der Waals surface area contributed by atoms with E-state index >= 15 is 0 Å². The van der Waals surface area contributed by atoms with Crippen molar-refractivity contribution in [3.8, 4) is 23.1 Å². The fourth-order valence-corrected chi connectivity index (χ4v) is 4.24. The second kappa shape index (κ2) is 10.3. The van der Waals surface area contributed by atoms with E-state index in [0.717, 1.165) is 38.2 Å². The first-order valence-corrected chi connectivity index (χ1v) is 11.9. The molecule has 1 fully saturated rings. The van der Waals surface area contributed by atoms with Gasteiger partial charge in [-0.2, -0.15) is 0 Å². The number of amides is 1. The zero-order chi connectivity index (χ0) is 25.1. The van der Waals surface area contributed by atoms with Gasteiger partial charge in [0.05, 0.1) is 11.7 Å². The normalized spacial score (nSPS) is 14.8. The van der Waals surface area contributed by atoms with Gasteiger partial charge in [-0.15, -0.1) is 0 Å². The number of hydrogen-bond donors (Lipinski definition) is 2. The van der Waals surface area contributed by atoms with Crippen LogP contribution < -0.4 is 15.8 Å². The molecule has 1 saturated heterocycles. The quantitative estimate of drug-likeness (QED) is 0.375. The highest BCUT2D eigenvalue weighted by Crippen LogP contribution is 2.29. The minimum atomic E-state index is -0.134. The summed E-state index contributed by atoms with van der Waals surface area (Å²) in [6, 6.07) is 8.85. The van der Waals surface area contributed by atoms with Crippen molar-refractivity contribution in [3.05, 3.63) is 42.1 Å². The van der Waals surface area contributed by atoms with E-state index in [4.69, 9.17) is 15.1 Å². The minimum Gasteiger partial charge on any atom is -0.439 e. The fourth-order valence-electron chi connectivity index (χ4n) is 4.24. The SMILES string of the molecule is CCn1c(-c2nonc2N)nc2cnc(Oc3cccc(C(=O)NCCN4CCN(C)CC4)c3)cc21. The lowest BCUT2D eigenvalue weighted by atomic mass is 10.2. The maximum Gasteiger partial charge on any atom is 0.251 e. The molecule has 0 atom stereocenters. The highest BCUT2D eigenvalue weighted by Gasteiger charge is 2.19. The van der Waals surface area contributed by atoms with Crippen molar-refractivity contribution >= 4 is 22.8 Å². The van der Waals surface area contributed by atoms with Crippen molar-refractivity contribution in [2.45, 2.75) is 13.5 Å². The molecule has 1 aromatic carbocycles. The largest absolute Gasteiger partial charge is 0.439 e. The molecule has 1 aliphatic heterocycles. The Balaban J connectivity index is 1.27. The van der Waals surface area contributed by atoms with Crippen molar-refractivity contribution < 1.29 is 14.2 Å². The van der Waals surface area contributed by atoms with Gasteiger partial charge in [0.2, 0.25) is 5.88 Å². The number of carbonyl (C=O) groups excluding carboxylic acids is 1. The summed E-state index contributed by atoms with van der Waals surface area (Å²) in [5, 5.41) is 10.5. The number of nitrogens with one attached hydrogen (secondary N) is 1. The second-order valence-electron chi connectivity index (χ2n) is 8.72. The number of hydrogen-bond acceptors (Lipinski definition) is 10. The number of nitrogens with zero attached hydrogens (tertiary/aromatic N) is 7. The summed E-state index contributed by atoms with van der Waals surface area (Å²) in [4.78, 5) is 26.3. The monoisotopic (exact) mass is 491 g/mol. The Morgan fingerprint density at radius 2 is 2.03 bits per heavy atom. The number of pyridine rings is 1. The van der Waals surface area contributed by atoms with E-state index in [1.165, 1.54) is 0 Å². The fraction of sp³-hybridized carbons (Fsp3) is 0.375. The van der Waals surface area contributed by atoms with Gasteiger partial charge in [-0.1, -0.05) is 6.07 Å². The number of piperazine rings is 1. The van der Waals surface area contributed by atoms with E-state index in [1.807, 2.05) is 11.5 Å². The maximum absolute atomic E-state index is 12.7. The van der Waals surface area contributed by atoms with Crippen LogP contribution in [0.2, 0.25) is 0 Å². The van der Waals surface area contributed by atoms with Crippen LogP contribution in [0.1, 0.15) is 17.3 Å². The van der Waals surface area contributed by atoms with Gasteiger partial charge in [0, 0.05) is 57.4 Å². The predicted molar refractivity (Wildman–Crippen MR) is 134 cm³/mol. The first-order valence-electron chi connectivity index (χ1n) is 11.9. The molecule has 1 aliphatic rings. The van der Waals surface area contributed by atoms with Gasteiger partial charge >= 0.3 is 0 Å². The number of imidazole rings is 1. The number of carbonyl (C=O) groups is 1. The van der Waals surface area contributed by atoms with Gasteiger partial charge in [-0.3, -0.25) is 9.69 Å². The summed E-state index contributed by atoms with van der Waals surface area (Å²) in [5.41, 5.74) is 8.24. The molecule has 12 nitrogen and oxygen atoms in total. The standard InChI is InChI=1S/C24H29N9O3/c1-3-33-19-14-20(27-15-18(19)28-23(33)21-22(25)30-36-29-21)35-17-6-4-5-16(13-17)24(34)26-7-8-32-11-9-31(2)10-12-32/h4-6,13-15H,3,7-12H2,1-2H3,(H2,25,30)(H,26,34). The smallest absolute Gasteiger partial charge is 0.251 e. The Kier molecular flexibility index (Phi) is 6.78. The summed E-state index contributed by atoms with van der Waals surface area (Å²) in [7, 11) is 2.13. The molecule has 0 radical (unpaired) electrons. The summed E-state index contributed by atoms with van der Waals surface area (Å²) in [6.45, 7) is 8.19. The predicted octanol–water partition coefficient (Wildman–Crippen LogP) is 1.85. The highest BCUT2D eigenvalue weighted by molar-refractivity contribution is 5.94. The molecule has 12 heteroatoms. The van der Waals surface area contributed by atoms with Crippen LogP contribution in [-0.4, -0.2) is 86.9 Å². The Hall–Kier alpha value is -4.03.